The lowest BCUT2D eigenvalue weighted by Gasteiger charge is -2.25. The van der Waals surface area contributed by atoms with Gasteiger partial charge in [-0.2, -0.15) is 5.26 Å². The molecule has 3 rings (SSSR count). The second kappa shape index (κ2) is 5.29. The van der Waals surface area contributed by atoms with Crippen molar-refractivity contribution in [2.24, 2.45) is 0 Å². The predicted molar refractivity (Wildman–Crippen MR) is 82.0 cm³/mol. The lowest BCUT2D eigenvalue weighted by atomic mass is 10.2. The number of para-hydroxylation sites is 1. The molecule has 1 atom stereocenters. The molecule has 0 radical (unpaired) electrons. The summed E-state index contributed by atoms with van der Waals surface area (Å²) in [6, 6.07) is 15.8. The summed E-state index contributed by atoms with van der Waals surface area (Å²) < 4.78 is 5.90. The third-order valence-electron chi connectivity index (χ3n) is 3.71. The van der Waals surface area contributed by atoms with Crippen LogP contribution in [0.5, 0.6) is 0 Å². The van der Waals surface area contributed by atoms with Crippen LogP contribution in [0, 0.1) is 11.3 Å². The van der Waals surface area contributed by atoms with E-state index in [0.717, 1.165) is 22.4 Å². The van der Waals surface area contributed by atoms with Gasteiger partial charge in [0, 0.05) is 12.4 Å². The number of nitriles is 1. The summed E-state index contributed by atoms with van der Waals surface area (Å²) in [5.41, 5.74) is 2.26. The van der Waals surface area contributed by atoms with Gasteiger partial charge in [-0.15, -0.1) is 0 Å². The number of anilines is 1. The maximum absolute atomic E-state index is 8.79. The van der Waals surface area contributed by atoms with Gasteiger partial charge >= 0.3 is 0 Å². The van der Waals surface area contributed by atoms with Gasteiger partial charge in [0.2, 0.25) is 0 Å². The molecular formula is C17H15N3O. The summed E-state index contributed by atoms with van der Waals surface area (Å²) in [5, 5.41) is 9.90. The van der Waals surface area contributed by atoms with E-state index in [1.807, 2.05) is 43.4 Å². The molecule has 0 N–H and O–H groups in total. The van der Waals surface area contributed by atoms with E-state index in [-0.39, 0.29) is 6.04 Å². The molecule has 2 heterocycles. The maximum Gasteiger partial charge on any atom is 0.140 e. The molecule has 4 heteroatoms. The first-order valence-electron chi connectivity index (χ1n) is 6.76. The molecule has 104 valence electrons. The van der Waals surface area contributed by atoms with Gasteiger partial charge in [0.15, 0.2) is 0 Å². The van der Waals surface area contributed by atoms with Gasteiger partial charge in [-0.1, -0.05) is 18.2 Å². The fourth-order valence-corrected chi connectivity index (χ4v) is 2.28. The van der Waals surface area contributed by atoms with Gasteiger partial charge < -0.3 is 9.32 Å². The number of benzene rings is 1. The first-order chi connectivity index (χ1) is 10.2. The van der Waals surface area contributed by atoms with E-state index in [9.17, 15) is 0 Å². The van der Waals surface area contributed by atoms with Crippen LogP contribution in [0.2, 0.25) is 0 Å². The van der Waals surface area contributed by atoms with Crippen molar-refractivity contribution in [2.45, 2.75) is 13.0 Å². The molecule has 0 bridgehead atoms. The first-order valence-corrected chi connectivity index (χ1v) is 6.76. The van der Waals surface area contributed by atoms with Crippen LogP contribution in [0.1, 0.15) is 24.4 Å². The van der Waals surface area contributed by atoms with E-state index >= 15 is 0 Å². The van der Waals surface area contributed by atoms with Crippen LogP contribution in [0.4, 0.5) is 5.69 Å². The van der Waals surface area contributed by atoms with E-state index < -0.39 is 0 Å². The number of fused-ring (bicyclic) bond motifs is 1. The van der Waals surface area contributed by atoms with Gasteiger partial charge in [0.05, 0.1) is 17.9 Å². The molecule has 1 aromatic carbocycles. The largest absolute Gasteiger partial charge is 0.459 e. The second-order valence-electron chi connectivity index (χ2n) is 4.99. The van der Waals surface area contributed by atoms with Crippen molar-refractivity contribution in [3.05, 3.63) is 60.1 Å². The fourth-order valence-electron chi connectivity index (χ4n) is 2.28. The Hall–Kier alpha value is -2.80. The van der Waals surface area contributed by atoms with Crippen LogP contribution in [0.25, 0.3) is 11.0 Å². The summed E-state index contributed by atoms with van der Waals surface area (Å²) in [5.74, 6) is 0.906. The van der Waals surface area contributed by atoms with E-state index in [0.29, 0.717) is 5.69 Å². The quantitative estimate of drug-likeness (QED) is 0.728. The Morgan fingerprint density at radius 3 is 2.71 bits per heavy atom. The minimum Gasteiger partial charge on any atom is -0.459 e. The monoisotopic (exact) mass is 277 g/mol. The summed E-state index contributed by atoms with van der Waals surface area (Å²) in [7, 11) is 1.99. The van der Waals surface area contributed by atoms with Crippen LogP contribution < -0.4 is 4.90 Å². The van der Waals surface area contributed by atoms with E-state index in [4.69, 9.17) is 9.68 Å². The van der Waals surface area contributed by atoms with Gasteiger partial charge in [-0.25, -0.2) is 4.98 Å². The maximum atomic E-state index is 8.79. The van der Waals surface area contributed by atoms with Crippen molar-refractivity contribution >= 4 is 16.7 Å². The van der Waals surface area contributed by atoms with E-state index in [2.05, 4.69) is 22.9 Å². The zero-order chi connectivity index (χ0) is 14.8. The number of rotatable bonds is 3. The predicted octanol–water partition coefficient (Wildman–Crippen LogP) is 3.90. The average Bonchev–Trinajstić information content (AvgIpc) is 2.97. The highest BCUT2D eigenvalue weighted by Crippen LogP contribution is 2.29. The standard InChI is InChI=1S/C17H15N3O/c1-12(17-9-13-5-3-4-6-16(13)21-17)20(2)15-8-7-14(10-18)19-11-15/h3-9,11-12H,1-2H3. The lowest BCUT2D eigenvalue weighted by Crippen LogP contribution is -2.21. The average molecular weight is 277 g/mol. The first kappa shape index (κ1) is 13.2. The number of pyridine rings is 1. The zero-order valence-electron chi connectivity index (χ0n) is 11.9. The number of hydrogen-bond acceptors (Lipinski definition) is 4. The van der Waals surface area contributed by atoms with Crippen LogP contribution >= 0.6 is 0 Å². The van der Waals surface area contributed by atoms with Gasteiger partial charge in [-0.05, 0) is 31.2 Å². The molecule has 0 aliphatic carbocycles. The number of hydrogen-bond donors (Lipinski definition) is 0. The minimum atomic E-state index is 0.0761. The highest BCUT2D eigenvalue weighted by molar-refractivity contribution is 5.77. The molecule has 0 aliphatic heterocycles. The van der Waals surface area contributed by atoms with Crippen molar-refractivity contribution in [3.63, 3.8) is 0 Å². The SMILES string of the molecule is CC(c1cc2ccccc2o1)N(C)c1ccc(C#N)nc1. The molecule has 21 heavy (non-hydrogen) atoms. The minimum absolute atomic E-state index is 0.0761. The number of nitrogens with zero attached hydrogens (tertiary/aromatic N) is 3. The molecule has 0 amide bonds. The Kier molecular flexibility index (Phi) is 3.33. The molecule has 1 unspecified atom stereocenters. The van der Waals surface area contributed by atoms with Gasteiger partial charge in [0.25, 0.3) is 0 Å². The van der Waals surface area contributed by atoms with E-state index in [1.54, 1.807) is 12.3 Å². The van der Waals surface area contributed by atoms with Gasteiger partial charge in [-0.3, -0.25) is 0 Å². The molecule has 0 aliphatic rings. The van der Waals surface area contributed by atoms with Crippen molar-refractivity contribution < 1.29 is 4.42 Å². The highest BCUT2D eigenvalue weighted by atomic mass is 16.3. The van der Waals surface area contributed by atoms with Gasteiger partial charge in [0.1, 0.15) is 23.1 Å². The van der Waals surface area contributed by atoms with E-state index in [1.165, 1.54) is 0 Å². The van der Waals surface area contributed by atoms with Crippen LogP contribution in [-0.2, 0) is 0 Å². The van der Waals surface area contributed by atoms with Crippen molar-refractivity contribution in [3.8, 4) is 6.07 Å². The van der Waals surface area contributed by atoms with Crippen molar-refractivity contribution in [1.29, 1.82) is 5.26 Å². The Labute approximate surface area is 123 Å². The molecule has 0 saturated carbocycles. The van der Waals surface area contributed by atoms with Crippen molar-refractivity contribution in [1.82, 2.24) is 4.98 Å². The topological polar surface area (TPSA) is 53.1 Å². The molecule has 4 nitrogen and oxygen atoms in total. The molecule has 0 fully saturated rings. The third-order valence-corrected chi connectivity index (χ3v) is 3.71. The molecule has 2 aromatic heterocycles. The summed E-state index contributed by atoms with van der Waals surface area (Å²) in [6.45, 7) is 2.08. The summed E-state index contributed by atoms with van der Waals surface area (Å²) in [4.78, 5) is 6.18. The number of aromatic nitrogens is 1. The molecular weight excluding hydrogens is 262 g/mol. The Morgan fingerprint density at radius 2 is 2.05 bits per heavy atom. The lowest BCUT2D eigenvalue weighted by molar-refractivity contribution is 0.502. The van der Waals surface area contributed by atoms with Crippen LogP contribution in [-0.4, -0.2) is 12.0 Å². The summed E-state index contributed by atoms with van der Waals surface area (Å²) >= 11 is 0. The normalized spacial score (nSPS) is 12.0. The third kappa shape index (κ3) is 2.46. The summed E-state index contributed by atoms with van der Waals surface area (Å²) in [6.07, 6.45) is 1.71. The zero-order valence-corrected chi connectivity index (χ0v) is 11.9. The highest BCUT2D eigenvalue weighted by Gasteiger charge is 2.17. The molecule has 3 aromatic rings. The molecule has 0 spiro atoms. The Balaban J connectivity index is 1.89. The Bertz CT molecular complexity index is 766. The van der Waals surface area contributed by atoms with Crippen molar-refractivity contribution in [2.75, 3.05) is 11.9 Å². The fraction of sp³-hybridized carbons (Fsp3) is 0.176. The molecule has 0 saturated heterocycles. The van der Waals surface area contributed by atoms with Crippen LogP contribution in [0.3, 0.4) is 0 Å². The Morgan fingerprint density at radius 1 is 1.24 bits per heavy atom. The second-order valence-corrected chi connectivity index (χ2v) is 4.99. The van der Waals surface area contributed by atoms with Crippen LogP contribution in [0.15, 0.2) is 53.1 Å². The smallest absolute Gasteiger partial charge is 0.140 e. The number of furan rings is 1.